The van der Waals surface area contributed by atoms with E-state index in [0.717, 1.165) is 31.1 Å². The minimum absolute atomic E-state index is 0.0851. The van der Waals surface area contributed by atoms with Crippen molar-refractivity contribution in [2.24, 2.45) is 16.8 Å². The predicted octanol–water partition coefficient (Wildman–Crippen LogP) is 2.19. The van der Waals surface area contributed by atoms with Crippen LogP contribution in [0.25, 0.3) is 0 Å². The van der Waals surface area contributed by atoms with Crippen molar-refractivity contribution in [3.05, 3.63) is 29.6 Å². The van der Waals surface area contributed by atoms with Crippen LogP contribution in [0.2, 0.25) is 0 Å². The topological polar surface area (TPSA) is 74.7 Å². The fraction of sp³-hybridized carbons (Fsp3) is 0.600. The highest BCUT2D eigenvalue weighted by atomic mass is 16.4. The van der Waals surface area contributed by atoms with Gasteiger partial charge in [-0.15, -0.1) is 0 Å². The quantitative estimate of drug-likeness (QED) is 0.382. The smallest absolute Gasteiger partial charge is 0.189 e. The zero-order chi connectivity index (χ0) is 14.4. The number of likely N-dealkylation sites (tertiary alicyclic amines) is 1. The molecule has 0 amide bonds. The Bertz CT molecular complexity index is 461. The molecule has 1 aliphatic rings. The largest absolute Gasteiger partial charge is 0.409 e. The number of aromatic nitrogens is 1. The van der Waals surface area contributed by atoms with E-state index < -0.39 is 0 Å². The van der Waals surface area contributed by atoms with Crippen molar-refractivity contribution in [3.63, 3.8) is 0 Å². The molecule has 1 aliphatic heterocycles. The van der Waals surface area contributed by atoms with Crippen LogP contribution in [-0.2, 0) is 6.54 Å². The van der Waals surface area contributed by atoms with Gasteiger partial charge in [-0.1, -0.05) is 24.6 Å². The van der Waals surface area contributed by atoms with Crippen molar-refractivity contribution in [2.75, 3.05) is 13.1 Å². The molecule has 0 saturated carbocycles. The normalized spacial score (nSPS) is 21.6. The zero-order valence-electron chi connectivity index (χ0n) is 12.1. The first-order valence-corrected chi connectivity index (χ1v) is 7.38. The second-order valence-corrected chi connectivity index (χ2v) is 5.48. The predicted molar refractivity (Wildman–Crippen MR) is 79.7 cm³/mol. The lowest BCUT2D eigenvalue weighted by atomic mass is 9.98. The Morgan fingerprint density at radius 2 is 2.35 bits per heavy atom. The molecule has 0 bridgehead atoms. The highest BCUT2D eigenvalue weighted by Gasteiger charge is 2.17. The van der Waals surface area contributed by atoms with E-state index in [1.807, 2.05) is 12.1 Å². The minimum atomic E-state index is 0.0851. The van der Waals surface area contributed by atoms with Crippen molar-refractivity contribution in [1.82, 2.24) is 9.88 Å². The highest BCUT2D eigenvalue weighted by molar-refractivity contribution is 5.96. The van der Waals surface area contributed by atoms with Crippen LogP contribution >= 0.6 is 0 Å². The summed E-state index contributed by atoms with van der Waals surface area (Å²) >= 11 is 0. The van der Waals surface area contributed by atoms with Crippen LogP contribution in [0.5, 0.6) is 0 Å². The van der Waals surface area contributed by atoms with E-state index in [2.05, 4.69) is 22.0 Å². The standard InChI is InChI=1S/C15H24N4O/c1-2-12-5-4-9-19(10-7-12)11-13-6-3-8-17-14(13)15(16)18-20/h3,6,8,12,20H,2,4-5,7,9-11H2,1H3,(H2,16,18). The van der Waals surface area contributed by atoms with Gasteiger partial charge in [0.15, 0.2) is 5.84 Å². The van der Waals surface area contributed by atoms with Gasteiger partial charge < -0.3 is 10.9 Å². The van der Waals surface area contributed by atoms with Crippen LogP contribution in [-0.4, -0.2) is 34.0 Å². The maximum atomic E-state index is 8.84. The molecule has 1 saturated heterocycles. The molecule has 0 aromatic carbocycles. The van der Waals surface area contributed by atoms with Gasteiger partial charge in [0, 0.05) is 12.7 Å². The molecule has 20 heavy (non-hydrogen) atoms. The molecule has 5 nitrogen and oxygen atoms in total. The summed E-state index contributed by atoms with van der Waals surface area (Å²) in [5.41, 5.74) is 7.31. The van der Waals surface area contributed by atoms with E-state index in [-0.39, 0.29) is 5.84 Å². The van der Waals surface area contributed by atoms with E-state index in [1.165, 1.54) is 25.7 Å². The monoisotopic (exact) mass is 276 g/mol. The van der Waals surface area contributed by atoms with Gasteiger partial charge in [0.25, 0.3) is 0 Å². The van der Waals surface area contributed by atoms with Crippen LogP contribution in [0.4, 0.5) is 0 Å². The van der Waals surface area contributed by atoms with E-state index in [4.69, 9.17) is 10.9 Å². The number of pyridine rings is 1. The molecular formula is C15H24N4O. The molecule has 5 heteroatoms. The molecule has 1 aromatic rings. The number of oxime groups is 1. The number of hydrogen-bond acceptors (Lipinski definition) is 4. The molecule has 1 atom stereocenters. The van der Waals surface area contributed by atoms with Crippen molar-refractivity contribution < 1.29 is 5.21 Å². The molecule has 3 N–H and O–H groups in total. The Labute approximate surface area is 120 Å². The molecule has 1 aromatic heterocycles. The summed E-state index contributed by atoms with van der Waals surface area (Å²) in [6, 6.07) is 3.90. The Morgan fingerprint density at radius 1 is 1.50 bits per heavy atom. The van der Waals surface area contributed by atoms with Gasteiger partial charge in [-0.05, 0) is 49.9 Å². The second kappa shape index (κ2) is 7.24. The number of nitrogens with zero attached hydrogens (tertiary/aromatic N) is 3. The molecule has 2 rings (SSSR count). The SMILES string of the molecule is CCC1CCCN(Cc2cccnc2C(N)=NO)CC1. The first kappa shape index (κ1) is 14.8. The lowest BCUT2D eigenvalue weighted by Crippen LogP contribution is -2.27. The van der Waals surface area contributed by atoms with Crippen LogP contribution in [0, 0.1) is 5.92 Å². The lowest BCUT2D eigenvalue weighted by molar-refractivity contribution is 0.271. The average Bonchev–Trinajstić information content (AvgIpc) is 2.72. The summed E-state index contributed by atoms with van der Waals surface area (Å²) in [5, 5.41) is 11.9. The van der Waals surface area contributed by atoms with Crippen molar-refractivity contribution in [2.45, 2.75) is 39.2 Å². The van der Waals surface area contributed by atoms with Crippen LogP contribution in [0.15, 0.2) is 23.5 Å². The summed E-state index contributed by atoms with van der Waals surface area (Å²) in [5.74, 6) is 0.944. The molecule has 0 aliphatic carbocycles. The van der Waals surface area contributed by atoms with Gasteiger partial charge in [0.05, 0.1) is 0 Å². The summed E-state index contributed by atoms with van der Waals surface area (Å²) in [7, 11) is 0. The molecule has 2 heterocycles. The first-order valence-electron chi connectivity index (χ1n) is 7.38. The van der Waals surface area contributed by atoms with E-state index in [0.29, 0.717) is 5.69 Å². The van der Waals surface area contributed by atoms with E-state index in [9.17, 15) is 0 Å². The molecular weight excluding hydrogens is 252 g/mol. The third kappa shape index (κ3) is 3.70. The lowest BCUT2D eigenvalue weighted by Gasteiger charge is -2.21. The fourth-order valence-electron chi connectivity index (χ4n) is 2.88. The Hall–Kier alpha value is -1.62. The van der Waals surface area contributed by atoms with Crippen LogP contribution in [0.3, 0.4) is 0 Å². The van der Waals surface area contributed by atoms with Crippen LogP contribution in [0.1, 0.15) is 43.9 Å². The Balaban J connectivity index is 2.06. The number of rotatable bonds is 4. The van der Waals surface area contributed by atoms with Gasteiger partial charge in [-0.25, -0.2) is 0 Å². The van der Waals surface area contributed by atoms with Crippen molar-refractivity contribution >= 4 is 5.84 Å². The molecule has 110 valence electrons. The average molecular weight is 276 g/mol. The van der Waals surface area contributed by atoms with Gasteiger partial charge in [-0.2, -0.15) is 0 Å². The number of nitrogens with two attached hydrogens (primary N) is 1. The summed E-state index contributed by atoms with van der Waals surface area (Å²) in [6.07, 6.45) is 6.78. The Kier molecular flexibility index (Phi) is 5.35. The second-order valence-electron chi connectivity index (χ2n) is 5.48. The maximum Gasteiger partial charge on any atom is 0.189 e. The van der Waals surface area contributed by atoms with E-state index in [1.54, 1.807) is 6.20 Å². The summed E-state index contributed by atoms with van der Waals surface area (Å²) in [4.78, 5) is 6.67. The fourth-order valence-corrected chi connectivity index (χ4v) is 2.88. The summed E-state index contributed by atoms with van der Waals surface area (Å²) in [6.45, 7) is 5.32. The molecule has 0 spiro atoms. The third-order valence-corrected chi connectivity index (χ3v) is 4.15. The van der Waals surface area contributed by atoms with Gasteiger partial charge in [-0.3, -0.25) is 9.88 Å². The maximum absolute atomic E-state index is 8.84. The number of hydrogen-bond donors (Lipinski definition) is 2. The van der Waals surface area contributed by atoms with Gasteiger partial charge in [0.2, 0.25) is 0 Å². The van der Waals surface area contributed by atoms with E-state index >= 15 is 0 Å². The molecule has 1 fully saturated rings. The molecule has 1 unspecified atom stereocenters. The van der Waals surface area contributed by atoms with Gasteiger partial charge in [0.1, 0.15) is 5.69 Å². The highest BCUT2D eigenvalue weighted by Crippen LogP contribution is 2.21. The zero-order valence-corrected chi connectivity index (χ0v) is 12.1. The van der Waals surface area contributed by atoms with Crippen LogP contribution < -0.4 is 5.73 Å². The van der Waals surface area contributed by atoms with Crippen molar-refractivity contribution in [3.8, 4) is 0 Å². The molecule has 0 radical (unpaired) electrons. The number of amidine groups is 1. The third-order valence-electron chi connectivity index (χ3n) is 4.15. The summed E-state index contributed by atoms with van der Waals surface area (Å²) < 4.78 is 0. The van der Waals surface area contributed by atoms with Gasteiger partial charge >= 0.3 is 0 Å². The minimum Gasteiger partial charge on any atom is -0.409 e. The van der Waals surface area contributed by atoms with Crippen molar-refractivity contribution in [1.29, 1.82) is 0 Å². The first-order chi connectivity index (χ1) is 9.74. The Morgan fingerprint density at radius 3 is 3.10 bits per heavy atom.